The fourth-order valence-corrected chi connectivity index (χ4v) is 6.74. The maximum Gasteiger partial charge on any atom is 0.255 e. The number of hydrogen-bond acceptors (Lipinski definition) is 6. The van der Waals surface area contributed by atoms with Crippen LogP contribution in [0.25, 0.3) is 0 Å². The SMILES string of the molecule is CC1(C)C(NC(=O)c2ccc3c(c2)CN(C2CCC(=O)NC2=O)C3=O)C(C)(C)C1Oc1ccc(C#N)c(Cl)c1. The second-order valence-electron chi connectivity index (χ2n) is 11.6. The summed E-state index contributed by atoms with van der Waals surface area (Å²) in [5.74, 6) is -0.806. The Balaban J connectivity index is 1.29. The van der Waals surface area contributed by atoms with Crippen molar-refractivity contribution >= 4 is 35.2 Å². The molecule has 1 saturated heterocycles. The van der Waals surface area contributed by atoms with E-state index in [9.17, 15) is 19.2 Å². The van der Waals surface area contributed by atoms with Gasteiger partial charge in [-0.25, -0.2) is 0 Å². The topological polar surface area (TPSA) is 129 Å². The standard InChI is InChI=1S/C29H29ClN4O5/c1-28(2)26(29(3,4)27(28)39-18-7-5-16(13-31)20(30)12-18)33-23(36)15-6-8-19-17(11-15)14-34(25(19)38)21-9-10-22(35)32-24(21)37/h5-8,11-12,21,26-27H,9-10,14H2,1-4H3,(H,33,36)(H,32,35,37). The molecule has 4 amide bonds. The molecule has 1 unspecified atom stereocenters. The van der Waals surface area contributed by atoms with Crippen LogP contribution in [0, 0.1) is 22.2 Å². The van der Waals surface area contributed by atoms with Crippen LogP contribution in [0.15, 0.2) is 36.4 Å². The molecule has 2 N–H and O–H groups in total. The zero-order chi connectivity index (χ0) is 28.3. The first-order chi connectivity index (χ1) is 18.3. The van der Waals surface area contributed by atoms with Crippen molar-refractivity contribution in [3.05, 3.63) is 63.7 Å². The Kier molecular flexibility index (Phi) is 6.42. The van der Waals surface area contributed by atoms with E-state index in [0.717, 1.165) is 0 Å². The van der Waals surface area contributed by atoms with E-state index in [1.165, 1.54) is 4.90 Å². The van der Waals surface area contributed by atoms with E-state index in [2.05, 4.69) is 10.6 Å². The van der Waals surface area contributed by atoms with Crippen LogP contribution in [0.1, 0.15) is 72.4 Å². The summed E-state index contributed by atoms with van der Waals surface area (Å²) < 4.78 is 6.29. The van der Waals surface area contributed by atoms with E-state index in [1.807, 2.05) is 33.8 Å². The number of imide groups is 1. The predicted octanol–water partition coefficient (Wildman–Crippen LogP) is 3.58. The first-order valence-electron chi connectivity index (χ1n) is 12.8. The third-order valence-corrected chi connectivity index (χ3v) is 8.53. The number of hydrogen-bond donors (Lipinski definition) is 2. The Morgan fingerprint density at radius 1 is 1.13 bits per heavy atom. The Morgan fingerprint density at radius 2 is 1.85 bits per heavy atom. The van der Waals surface area contributed by atoms with Crippen molar-refractivity contribution < 1.29 is 23.9 Å². The molecule has 2 heterocycles. The molecule has 1 atom stereocenters. The number of piperidine rings is 1. The first-order valence-corrected chi connectivity index (χ1v) is 13.2. The van der Waals surface area contributed by atoms with Crippen LogP contribution in [-0.2, 0) is 16.1 Å². The number of carbonyl (C=O) groups is 4. The molecular weight excluding hydrogens is 520 g/mol. The molecule has 9 nitrogen and oxygen atoms in total. The van der Waals surface area contributed by atoms with Gasteiger partial charge >= 0.3 is 0 Å². The van der Waals surface area contributed by atoms with Crippen LogP contribution in [-0.4, -0.2) is 46.7 Å². The lowest BCUT2D eigenvalue weighted by atomic mass is 9.49. The quantitative estimate of drug-likeness (QED) is 0.549. The average molecular weight is 549 g/mol. The van der Waals surface area contributed by atoms with Gasteiger partial charge in [0.05, 0.1) is 10.6 Å². The number of nitriles is 1. The van der Waals surface area contributed by atoms with Crippen molar-refractivity contribution in [1.29, 1.82) is 5.26 Å². The van der Waals surface area contributed by atoms with Gasteiger partial charge in [0.2, 0.25) is 11.8 Å². The summed E-state index contributed by atoms with van der Waals surface area (Å²) in [5.41, 5.74) is 1.07. The smallest absolute Gasteiger partial charge is 0.255 e. The fraction of sp³-hybridized carbons (Fsp3) is 0.414. The number of fused-ring (bicyclic) bond motifs is 1. The van der Waals surface area contributed by atoms with Gasteiger partial charge in [-0.1, -0.05) is 39.3 Å². The lowest BCUT2D eigenvalue weighted by Gasteiger charge is -2.63. The number of carbonyl (C=O) groups excluding carboxylic acids is 4. The number of halogens is 1. The van der Waals surface area contributed by atoms with Gasteiger partial charge in [-0.2, -0.15) is 5.26 Å². The zero-order valence-corrected chi connectivity index (χ0v) is 22.9. The second-order valence-corrected chi connectivity index (χ2v) is 12.0. The van der Waals surface area contributed by atoms with Crippen LogP contribution in [0.4, 0.5) is 0 Å². The Labute approximate surface area is 231 Å². The van der Waals surface area contributed by atoms with Crippen LogP contribution in [0.5, 0.6) is 5.75 Å². The van der Waals surface area contributed by atoms with E-state index in [-0.39, 0.29) is 49.3 Å². The number of nitrogens with zero attached hydrogens (tertiary/aromatic N) is 2. The molecule has 39 heavy (non-hydrogen) atoms. The number of nitrogens with one attached hydrogen (secondary N) is 2. The van der Waals surface area contributed by atoms with E-state index in [1.54, 1.807) is 36.4 Å². The van der Waals surface area contributed by atoms with Crippen LogP contribution in [0.3, 0.4) is 0 Å². The third-order valence-electron chi connectivity index (χ3n) is 8.22. The molecule has 1 aliphatic carbocycles. The number of ether oxygens (including phenoxy) is 1. The summed E-state index contributed by atoms with van der Waals surface area (Å²) in [6.07, 6.45) is 0.223. The summed E-state index contributed by atoms with van der Waals surface area (Å²) in [7, 11) is 0. The Morgan fingerprint density at radius 3 is 2.49 bits per heavy atom. The Hall–Kier alpha value is -3.90. The van der Waals surface area contributed by atoms with Gasteiger partial charge in [0.15, 0.2) is 0 Å². The van der Waals surface area contributed by atoms with Crippen molar-refractivity contribution in [3.63, 3.8) is 0 Å². The normalized spacial score (nSPS) is 24.8. The molecule has 2 aliphatic heterocycles. The molecule has 0 aromatic heterocycles. The maximum absolute atomic E-state index is 13.4. The van der Waals surface area contributed by atoms with E-state index < -0.39 is 22.8 Å². The molecule has 0 radical (unpaired) electrons. The van der Waals surface area contributed by atoms with Crippen molar-refractivity contribution in [2.45, 2.75) is 65.3 Å². The molecule has 1 saturated carbocycles. The largest absolute Gasteiger partial charge is 0.489 e. The monoisotopic (exact) mass is 548 g/mol. The highest BCUT2D eigenvalue weighted by Crippen LogP contribution is 2.55. The number of amides is 4. The molecule has 2 fully saturated rings. The summed E-state index contributed by atoms with van der Waals surface area (Å²) in [4.78, 5) is 51.6. The van der Waals surface area contributed by atoms with Crippen molar-refractivity contribution in [2.24, 2.45) is 10.8 Å². The minimum Gasteiger partial charge on any atom is -0.489 e. The predicted molar refractivity (Wildman–Crippen MR) is 142 cm³/mol. The van der Waals surface area contributed by atoms with Gasteiger partial charge in [0.1, 0.15) is 24.0 Å². The van der Waals surface area contributed by atoms with Crippen LogP contribution >= 0.6 is 11.6 Å². The van der Waals surface area contributed by atoms with Gasteiger partial charge in [0.25, 0.3) is 11.8 Å². The van der Waals surface area contributed by atoms with Crippen LogP contribution < -0.4 is 15.4 Å². The minimum atomic E-state index is -0.709. The summed E-state index contributed by atoms with van der Waals surface area (Å²) in [6.45, 7) is 8.30. The van der Waals surface area contributed by atoms with Crippen LogP contribution in [0.2, 0.25) is 5.02 Å². The highest BCUT2D eigenvalue weighted by molar-refractivity contribution is 6.31. The fourth-order valence-electron chi connectivity index (χ4n) is 6.53. The van der Waals surface area contributed by atoms with Gasteiger partial charge in [-0.15, -0.1) is 0 Å². The number of benzene rings is 2. The van der Waals surface area contributed by atoms with Crippen molar-refractivity contribution in [3.8, 4) is 11.8 Å². The van der Waals surface area contributed by atoms with E-state index in [4.69, 9.17) is 21.6 Å². The molecule has 2 aromatic rings. The summed E-state index contributed by atoms with van der Waals surface area (Å²) in [6, 6.07) is 11.0. The zero-order valence-electron chi connectivity index (χ0n) is 22.1. The van der Waals surface area contributed by atoms with Gasteiger partial charge < -0.3 is 15.0 Å². The molecular formula is C29H29ClN4O5. The second kappa shape index (κ2) is 9.38. The molecule has 2 aromatic carbocycles. The van der Waals surface area contributed by atoms with Gasteiger partial charge in [-0.05, 0) is 42.3 Å². The third kappa shape index (κ3) is 4.43. The first kappa shape index (κ1) is 26.7. The number of rotatable bonds is 5. The lowest BCUT2D eigenvalue weighted by molar-refractivity contribution is -0.164. The maximum atomic E-state index is 13.4. The van der Waals surface area contributed by atoms with E-state index in [0.29, 0.717) is 33.0 Å². The minimum absolute atomic E-state index is 0.181. The van der Waals surface area contributed by atoms with Gasteiger partial charge in [0, 0.05) is 47.0 Å². The molecule has 10 heteroatoms. The highest BCUT2D eigenvalue weighted by Gasteiger charge is 2.64. The van der Waals surface area contributed by atoms with E-state index >= 15 is 0 Å². The Bertz CT molecular complexity index is 1440. The average Bonchev–Trinajstić information content (AvgIpc) is 3.20. The highest BCUT2D eigenvalue weighted by atomic mass is 35.5. The molecule has 0 spiro atoms. The molecule has 5 rings (SSSR count). The molecule has 0 bridgehead atoms. The van der Waals surface area contributed by atoms with Crippen molar-refractivity contribution in [2.75, 3.05) is 0 Å². The van der Waals surface area contributed by atoms with Crippen molar-refractivity contribution in [1.82, 2.24) is 15.5 Å². The molecule has 202 valence electrons. The molecule has 3 aliphatic rings. The summed E-state index contributed by atoms with van der Waals surface area (Å²) >= 11 is 6.18. The summed E-state index contributed by atoms with van der Waals surface area (Å²) in [5, 5.41) is 14.9. The lowest BCUT2D eigenvalue weighted by Crippen LogP contribution is -2.74. The van der Waals surface area contributed by atoms with Gasteiger partial charge in [-0.3, -0.25) is 24.5 Å².